The minimum absolute atomic E-state index is 0.231. The second-order valence-corrected chi connectivity index (χ2v) is 3.78. The van der Waals surface area contributed by atoms with Crippen LogP contribution in [0.5, 0.6) is 0 Å². The first-order valence-corrected chi connectivity index (χ1v) is 4.92. The summed E-state index contributed by atoms with van der Waals surface area (Å²) < 4.78 is 13.6. The summed E-state index contributed by atoms with van der Waals surface area (Å²) in [5.41, 5.74) is 1.76. The summed E-state index contributed by atoms with van der Waals surface area (Å²) in [5.74, 6) is -0.231. The Kier molecular flexibility index (Phi) is 2.59. The molecule has 0 aliphatic carbocycles. The number of hydrogen-bond acceptors (Lipinski definition) is 1. The van der Waals surface area contributed by atoms with Crippen molar-refractivity contribution in [2.24, 2.45) is 0 Å². The van der Waals surface area contributed by atoms with Crippen molar-refractivity contribution < 1.29 is 4.39 Å². The molecule has 70 valence electrons. The zero-order valence-electron chi connectivity index (χ0n) is 7.24. The second-order valence-electron chi connectivity index (χ2n) is 2.87. The lowest BCUT2D eigenvalue weighted by molar-refractivity contribution is 0.628. The van der Waals surface area contributed by atoms with Crippen molar-refractivity contribution in [1.29, 1.82) is 0 Å². The van der Waals surface area contributed by atoms with Gasteiger partial charge in [0.1, 0.15) is 5.82 Å². The number of benzene rings is 1. The van der Waals surface area contributed by atoms with Gasteiger partial charge < -0.3 is 0 Å². The highest BCUT2D eigenvalue weighted by Gasteiger charge is 1.98. The van der Waals surface area contributed by atoms with Crippen molar-refractivity contribution in [2.75, 3.05) is 0 Å². The van der Waals surface area contributed by atoms with Crippen LogP contribution in [0.4, 0.5) is 4.39 Å². The monoisotopic (exact) mass is 251 g/mol. The van der Waals surface area contributed by atoms with Crippen LogP contribution in [0.3, 0.4) is 0 Å². The van der Waals surface area contributed by atoms with Crippen molar-refractivity contribution >= 4 is 15.9 Å². The maximum atomic E-state index is 12.6. The van der Waals surface area contributed by atoms with E-state index >= 15 is 0 Å². The fourth-order valence-electron chi connectivity index (χ4n) is 1.17. The van der Waals surface area contributed by atoms with Gasteiger partial charge in [-0.25, -0.2) is 4.39 Å². The normalized spacial score (nSPS) is 10.1. The van der Waals surface area contributed by atoms with Gasteiger partial charge in [-0.05, 0) is 52.3 Å². The van der Waals surface area contributed by atoms with E-state index in [-0.39, 0.29) is 5.82 Å². The van der Waals surface area contributed by atoms with E-state index in [1.807, 2.05) is 12.1 Å². The van der Waals surface area contributed by atoms with E-state index < -0.39 is 0 Å². The molecule has 1 heterocycles. The fourth-order valence-corrected chi connectivity index (χ4v) is 1.40. The van der Waals surface area contributed by atoms with Crippen LogP contribution in [-0.2, 0) is 0 Å². The molecule has 0 saturated heterocycles. The van der Waals surface area contributed by atoms with Crippen LogP contribution in [0.2, 0.25) is 0 Å². The number of halogens is 2. The molecule has 0 bridgehead atoms. The quantitative estimate of drug-likeness (QED) is 0.754. The fraction of sp³-hybridized carbons (Fsp3) is 0. The van der Waals surface area contributed by atoms with Crippen molar-refractivity contribution in [3.63, 3.8) is 0 Å². The molecule has 0 atom stereocenters. The molecule has 3 heteroatoms. The lowest BCUT2D eigenvalue weighted by Crippen LogP contribution is -1.82. The van der Waals surface area contributed by atoms with E-state index in [1.54, 1.807) is 18.3 Å². The summed E-state index contributed by atoms with van der Waals surface area (Å²) in [6.45, 7) is 0. The van der Waals surface area contributed by atoms with Crippen LogP contribution in [0, 0.1) is 5.82 Å². The number of nitrogens with zero attached hydrogens (tertiary/aromatic N) is 1. The molecule has 0 fully saturated rings. The van der Waals surface area contributed by atoms with Gasteiger partial charge in [0.2, 0.25) is 0 Å². The van der Waals surface area contributed by atoms with Gasteiger partial charge in [0.05, 0.1) is 5.69 Å². The minimum Gasteiger partial charge on any atom is -0.255 e. The Balaban J connectivity index is 2.40. The van der Waals surface area contributed by atoms with Gasteiger partial charge in [0.15, 0.2) is 0 Å². The molecule has 2 rings (SSSR count). The average molecular weight is 252 g/mol. The standard InChI is InChI=1S/C11H7BrFN/c12-9-3-6-11(14-7-9)8-1-4-10(13)5-2-8/h1-7H. The van der Waals surface area contributed by atoms with Gasteiger partial charge in [-0.2, -0.15) is 0 Å². The van der Waals surface area contributed by atoms with Gasteiger partial charge >= 0.3 is 0 Å². The third-order valence-corrected chi connectivity index (χ3v) is 2.34. The molecule has 14 heavy (non-hydrogen) atoms. The molecule has 0 aliphatic rings. The van der Waals surface area contributed by atoms with E-state index in [0.717, 1.165) is 15.7 Å². The Hall–Kier alpha value is -1.22. The number of pyridine rings is 1. The van der Waals surface area contributed by atoms with Gasteiger partial charge in [0.25, 0.3) is 0 Å². The lowest BCUT2D eigenvalue weighted by Gasteiger charge is -1.99. The van der Waals surface area contributed by atoms with Gasteiger partial charge in [-0.3, -0.25) is 4.98 Å². The van der Waals surface area contributed by atoms with E-state index in [1.165, 1.54) is 12.1 Å². The van der Waals surface area contributed by atoms with Crippen LogP contribution in [0.1, 0.15) is 0 Å². The first-order chi connectivity index (χ1) is 6.75. The average Bonchev–Trinajstić information content (AvgIpc) is 2.21. The lowest BCUT2D eigenvalue weighted by atomic mass is 10.1. The van der Waals surface area contributed by atoms with Crippen molar-refractivity contribution in [3.8, 4) is 11.3 Å². The molecule has 0 spiro atoms. The van der Waals surface area contributed by atoms with Crippen LogP contribution in [-0.4, -0.2) is 4.98 Å². The van der Waals surface area contributed by atoms with Crippen molar-refractivity contribution in [2.45, 2.75) is 0 Å². The van der Waals surface area contributed by atoms with Crippen LogP contribution in [0.15, 0.2) is 47.1 Å². The highest BCUT2D eigenvalue weighted by molar-refractivity contribution is 9.10. The predicted molar refractivity (Wildman–Crippen MR) is 57.3 cm³/mol. The molecule has 1 aromatic heterocycles. The van der Waals surface area contributed by atoms with Gasteiger partial charge in [-0.15, -0.1) is 0 Å². The second kappa shape index (κ2) is 3.88. The first kappa shape index (κ1) is 9.34. The maximum Gasteiger partial charge on any atom is 0.123 e. The smallest absolute Gasteiger partial charge is 0.123 e. The Morgan fingerprint density at radius 2 is 1.71 bits per heavy atom. The van der Waals surface area contributed by atoms with Crippen molar-refractivity contribution in [3.05, 3.63) is 52.9 Å². The SMILES string of the molecule is Fc1ccc(-c2ccc(Br)cn2)cc1. The third kappa shape index (κ3) is 1.99. The van der Waals surface area contributed by atoms with Crippen LogP contribution >= 0.6 is 15.9 Å². The molecule has 0 radical (unpaired) electrons. The maximum absolute atomic E-state index is 12.6. The molecule has 0 unspecified atom stereocenters. The van der Waals surface area contributed by atoms with Gasteiger partial charge in [-0.1, -0.05) is 0 Å². The Morgan fingerprint density at radius 3 is 2.29 bits per heavy atom. The molecule has 0 saturated carbocycles. The predicted octanol–water partition coefficient (Wildman–Crippen LogP) is 3.65. The Labute approximate surface area is 89.7 Å². The van der Waals surface area contributed by atoms with E-state index in [2.05, 4.69) is 20.9 Å². The first-order valence-electron chi connectivity index (χ1n) is 4.13. The Morgan fingerprint density at radius 1 is 1.00 bits per heavy atom. The number of aromatic nitrogens is 1. The van der Waals surface area contributed by atoms with Crippen LogP contribution < -0.4 is 0 Å². The highest BCUT2D eigenvalue weighted by Crippen LogP contribution is 2.18. The molecule has 1 aromatic carbocycles. The number of rotatable bonds is 1. The Bertz CT molecular complexity index is 379. The summed E-state index contributed by atoms with van der Waals surface area (Å²) in [4.78, 5) is 4.21. The molecule has 1 nitrogen and oxygen atoms in total. The summed E-state index contributed by atoms with van der Waals surface area (Å²) in [6, 6.07) is 10.1. The molecule has 0 amide bonds. The number of hydrogen-bond donors (Lipinski definition) is 0. The zero-order chi connectivity index (χ0) is 9.97. The van der Waals surface area contributed by atoms with Crippen LogP contribution in [0.25, 0.3) is 11.3 Å². The van der Waals surface area contributed by atoms with Gasteiger partial charge in [0, 0.05) is 16.2 Å². The summed E-state index contributed by atoms with van der Waals surface area (Å²) in [7, 11) is 0. The third-order valence-electron chi connectivity index (χ3n) is 1.87. The van der Waals surface area contributed by atoms with E-state index in [4.69, 9.17) is 0 Å². The molecule has 0 N–H and O–H groups in total. The van der Waals surface area contributed by atoms with E-state index in [0.29, 0.717) is 0 Å². The largest absolute Gasteiger partial charge is 0.255 e. The molecule has 0 aliphatic heterocycles. The van der Waals surface area contributed by atoms with E-state index in [9.17, 15) is 4.39 Å². The zero-order valence-corrected chi connectivity index (χ0v) is 8.83. The topological polar surface area (TPSA) is 12.9 Å². The highest BCUT2D eigenvalue weighted by atomic mass is 79.9. The summed E-state index contributed by atoms with van der Waals surface area (Å²) in [5, 5.41) is 0. The van der Waals surface area contributed by atoms with Crippen molar-refractivity contribution in [1.82, 2.24) is 4.98 Å². The molecule has 2 aromatic rings. The molecular weight excluding hydrogens is 245 g/mol. The minimum atomic E-state index is -0.231. The summed E-state index contributed by atoms with van der Waals surface area (Å²) >= 11 is 3.31. The summed E-state index contributed by atoms with van der Waals surface area (Å²) in [6.07, 6.45) is 1.72. The molecular formula is C11H7BrFN.